The predicted molar refractivity (Wildman–Crippen MR) is 74.1 cm³/mol. The standard InChI is InChI=1S/C11H10BrClN2S/c1-2-9-15-10(11(14)16-9)6-3-4-8(13)7(12)5-6/h3-5H,2,14H2,1H3. The summed E-state index contributed by atoms with van der Waals surface area (Å²) in [6.45, 7) is 2.07. The van der Waals surface area contributed by atoms with Crippen LogP contribution in [0.1, 0.15) is 11.9 Å². The molecule has 0 atom stereocenters. The Morgan fingerprint density at radius 3 is 2.81 bits per heavy atom. The van der Waals surface area contributed by atoms with Crippen molar-refractivity contribution < 1.29 is 0 Å². The number of aryl methyl sites for hydroxylation is 1. The lowest BCUT2D eigenvalue weighted by molar-refractivity contribution is 1.10. The van der Waals surface area contributed by atoms with E-state index in [1.807, 2.05) is 18.2 Å². The monoisotopic (exact) mass is 316 g/mol. The van der Waals surface area contributed by atoms with Crippen molar-refractivity contribution in [3.05, 3.63) is 32.7 Å². The molecule has 84 valence electrons. The molecular weight excluding hydrogens is 308 g/mol. The molecule has 0 amide bonds. The molecule has 0 spiro atoms. The van der Waals surface area contributed by atoms with Crippen molar-refractivity contribution in [1.82, 2.24) is 4.98 Å². The van der Waals surface area contributed by atoms with Crippen LogP contribution >= 0.6 is 38.9 Å². The fraction of sp³-hybridized carbons (Fsp3) is 0.182. The van der Waals surface area contributed by atoms with Crippen LogP contribution in [0, 0.1) is 0 Å². The SMILES string of the molecule is CCc1nc(-c2ccc(Cl)c(Br)c2)c(N)s1. The summed E-state index contributed by atoms with van der Waals surface area (Å²) in [4.78, 5) is 4.50. The van der Waals surface area contributed by atoms with Gasteiger partial charge in [-0.25, -0.2) is 4.98 Å². The van der Waals surface area contributed by atoms with Crippen LogP contribution in [0.15, 0.2) is 22.7 Å². The molecule has 0 fully saturated rings. The number of hydrogen-bond donors (Lipinski definition) is 1. The van der Waals surface area contributed by atoms with Crippen LogP contribution in [0.3, 0.4) is 0 Å². The number of nitrogen functional groups attached to an aromatic ring is 1. The number of anilines is 1. The minimum atomic E-state index is 0.688. The molecule has 2 N–H and O–H groups in total. The number of nitrogens with two attached hydrogens (primary N) is 1. The maximum absolute atomic E-state index is 5.94. The number of thiazole rings is 1. The number of benzene rings is 1. The van der Waals surface area contributed by atoms with Gasteiger partial charge in [-0.2, -0.15) is 0 Å². The van der Waals surface area contributed by atoms with Gasteiger partial charge in [-0.15, -0.1) is 11.3 Å². The molecule has 0 radical (unpaired) electrons. The fourth-order valence-electron chi connectivity index (χ4n) is 1.38. The fourth-order valence-corrected chi connectivity index (χ4v) is 2.67. The van der Waals surface area contributed by atoms with Crippen LogP contribution in [0.4, 0.5) is 5.00 Å². The zero-order valence-electron chi connectivity index (χ0n) is 8.63. The summed E-state index contributed by atoms with van der Waals surface area (Å²) in [6, 6.07) is 5.70. The van der Waals surface area contributed by atoms with E-state index >= 15 is 0 Å². The molecule has 1 heterocycles. The Kier molecular flexibility index (Phi) is 3.52. The molecule has 2 nitrogen and oxygen atoms in total. The van der Waals surface area contributed by atoms with E-state index in [0.29, 0.717) is 5.02 Å². The molecule has 16 heavy (non-hydrogen) atoms. The molecule has 1 aromatic carbocycles. The van der Waals surface area contributed by atoms with E-state index in [1.165, 1.54) is 11.3 Å². The first-order valence-electron chi connectivity index (χ1n) is 4.82. The normalized spacial score (nSPS) is 10.7. The molecule has 5 heteroatoms. The lowest BCUT2D eigenvalue weighted by Gasteiger charge is -2.01. The lowest BCUT2D eigenvalue weighted by Crippen LogP contribution is -1.86. The molecule has 0 aliphatic rings. The number of rotatable bonds is 2. The summed E-state index contributed by atoms with van der Waals surface area (Å²) in [7, 11) is 0. The average Bonchev–Trinajstić information content (AvgIpc) is 2.64. The summed E-state index contributed by atoms with van der Waals surface area (Å²) in [5, 5.41) is 2.50. The molecule has 0 saturated carbocycles. The first kappa shape index (κ1) is 11.9. The summed E-state index contributed by atoms with van der Waals surface area (Å²) < 4.78 is 0.858. The summed E-state index contributed by atoms with van der Waals surface area (Å²) in [6.07, 6.45) is 0.906. The van der Waals surface area contributed by atoms with Gasteiger partial charge in [-0.1, -0.05) is 24.6 Å². The molecular formula is C11H10BrClN2S. The zero-order chi connectivity index (χ0) is 11.7. The van der Waals surface area contributed by atoms with Gasteiger partial charge in [0.15, 0.2) is 0 Å². The van der Waals surface area contributed by atoms with Crippen molar-refractivity contribution in [1.29, 1.82) is 0 Å². The largest absolute Gasteiger partial charge is 0.389 e. The van der Waals surface area contributed by atoms with Crippen molar-refractivity contribution in [3.8, 4) is 11.3 Å². The Hall–Kier alpha value is -0.580. The third kappa shape index (κ3) is 2.24. The van der Waals surface area contributed by atoms with Crippen molar-refractivity contribution in [2.45, 2.75) is 13.3 Å². The van der Waals surface area contributed by atoms with Crippen LogP contribution in [-0.2, 0) is 6.42 Å². The second kappa shape index (κ2) is 4.73. The minimum absolute atomic E-state index is 0.688. The van der Waals surface area contributed by atoms with Crippen LogP contribution in [0.5, 0.6) is 0 Å². The van der Waals surface area contributed by atoms with Crippen LogP contribution < -0.4 is 5.73 Å². The van der Waals surface area contributed by atoms with E-state index < -0.39 is 0 Å². The summed E-state index contributed by atoms with van der Waals surface area (Å²) in [5.74, 6) is 0. The molecule has 0 aliphatic heterocycles. The second-order valence-corrected chi connectivity index (χ2v) is 5.68. The van der Waals surface area contributed by atoms with Gasteiger partial charge in [0.25, 0.3) is 0 Å². The highest BCUT2D eigenvalue weighted by molar-refractivity contribution is 9.10. The van der Waals surface area contributed by atoms with Crippen LogP contribution in [0.2, 0.25) is 5.02 Å². The number of hydrogen-bond acceptors (Lipinski definition) is 3. The first-order valence-corrected chi connectivity index (χ1v) is 6.81. The third-order valence-corrected chi connectivity index (χ3v) is 4.44. The van der Waals surface area contributed by atoms with Gasteiger partial charge in [0, 0.05) is 10.0 Å². The lowest BCUT2D eigenvalue weighted by atomic mass is 10.2. The van der Waals surface area contributed by atoms with E-state index in [9.17, 15) is 0 Å². The van der Waals surface area contributed by atoms with Crippen molar-refractivity contribution >= 4 is 43.9 Å². The van der Waals surface area contributed by atoms with E-state index in [2.05, 4.69) is 27.8 Å². The third-order valence-electron chi connectivity index (χ3n) is 2.19. The van der Waals surface area contributed by atoms with Gasteiger partial charge < -0.3 is 5.73 Å². The molecule has 1 aromatic heterocycles. The van der Waals surface area contributed by atoms with Gasteiger partial charge in [-0.05, 0) is 34.5 Å². The Labute approximate surface area is 112 Å². The Morgan fingerprint density at radius 1 is 1.50 bits per heavy atom. The highest BCUT2D eigenvalue weighted by atomic mass is 79.9. The molecule has 2 aromatic rings. The van der Waals surface area contributed by atoms with E-state index in [1.54, 1.807) is 0 Å². The highest BCUT2D eigenvalue weighted by Crippen LogP contribution is 2.34. The smallest absolute Gasteiger partial charge is 0.114 e. The number of halogens is 2. The minimum Gasteiger partial charge on any atom is -0.389 e. The Bertz CT molecular complexity index is 525. The topological polar surface area (TPSA) is 38.9 Å². The van der Waals surface area contributed by atoms with Crippen LogP contribution in [-0.4, -0.2) is 4.98 Å². The molecule has 2 rings (SSSR count). The van der Waals surface area contributed by atoms with E-state index in [4.69, 9.17) is 17.3 Å². The first-order chi connectivity index (χ1) is 7.61. The maximum Gasteiger partial charge on any atom is 0.114 e. The Morgan fingerprint density at radius 2 is 2.25 bits per heavy atom. The van der Waals surface area contributed by atoms with Crippen molar-refractivity contribution in [3.63, 3.8) is 0 Å². The van der Waals surface area contributed by atoms with E-state index in [0.717, 1.165) is 32.2 Å². The molecule has 0 unspecified atom stereocenters. The number of aromatic nitrogens is 1. The van der Waals surface area contributed by atoms with Gasteiger partial charge in [-0.3, -0.25) is 0 Å². The molecule has 0 saturated heterocycles. The predicted octanol–water partition coefficient (Wildman–Crippen LogP) is 4.37. The van der Waals surface area contributed by atoms with Gasteiger partial charge in [0.2, 0.25) is 0 Å². The van der Waals surface area contributed by atoms with Gasteiger partial charge in [0.1, 0.15) is 10.7 Å². The molecule has 0 aliphatic carbocycles. The quantitative estimate of drug-likeness (QED) is 0.893. The second-order valence-electron chi connectivity index (χ2n) is 3.30. The zero-order valence-corrected chi connectivity index (χ0v) is 11.8. The van der Waals surface area contributed by atoms with Crippen LogP contribution in [0.25, 0.3) is 11.3 Å². The van der Waals surface area contributed by atoms with Gasteiger partial charge in [0.05, 0.1) is 10.0 Å². The summed E-state index contributed by atoms with van der Waals surface area (Å²) >= 11 is 10.9. The Balaban J connectivity index is 2.49. The van der Waals surface area contributed by atoms with Crippen molar-refractivity contribution in [2.75, 3.05) is 5.73 Å². The van der Waals surface area contributed by atoms with Crippen molar-refractivity contribution in [2.24, 2.45) is 0 Å². The average molecular weight is 318 g/mol. The molecule has 0 bridgehead atoms. The van der Waals surface area contributed by atoms with E-state index in [-0.39, 0.29) is 0 Å². The summed E-state index contributed by atoms with van der Waals surface area (Å²) in [5.41, 5.74) is 7.78. The highest BCUT2D eigenvalue weighted by Gasteiger charge is 2.10. The maximum atomic E-state index is 5.94. The number of nitrogens with zero attached hydrogens (tertiary/aromatic N) is 1. The van der Waals surface area contributed by atoms with Gasteiger partial charge >= 0.3 is 0 Å².